The van der Waals surface area contributed by atoms with E-state index >= 15 is 0 Å². The quantitative estimate of drug-likeness (QED) is 0.844. The molecular weight excluding hydrogens is 294 g/mol. The van der Waals surface area contributed by atoms with Gasteiger partial charge in [0.25, 0.3) is 0 Å². The Bertz CT molecular complexity index is 754. The molecule has 1 unspecified atom stereocenters. The van der Waals surface area contributed by atoms with Crippen LogP contribution in [0.2, 0.25) is 0 Å². The van der Waals surface area contributed by atoms with Gasteiger partial charge in [-0.3, -0.25) is 9.59 Å². The second kappa shape index (κ2) is 5.64. The standard InChI is InChI=1S/C16H21N5O2/c1-16(15(23)19(2)3)9-6-10-20(16)14(22)11-21-13-8-5-4-7-12(13)17-18-21/h4-5,7-8H,6,9-11H2,1-3H3. The summed E-state index contributed by atoms with van der Waals surface area (Å²) in [7, 11) is 3.44. The summed E-state index contributed by atoms with van der Waals surface area (Å²) >= 11 is 0. The lowest BCUT2D eigenvalue weighted by Crippen LogP contribution is -2.55. The molecule has 1 fully saturated rings. The number of hydrogen-bond acceptors (Lipinski definition) is 4. The monoisotopic (exact) mass is 315 g/mol. The van der Waals surface area contributed by atoms with Crippen LogP contribution in [0.3, 0.4) is 0 Å². The van der Waals surface area contributed by atoms with Gasteiger partial charge < -0.3 is 9.80 Å². The molecule has 0 spiro atoms. The Kier molecular flexibility index (Phi) is 3.79. The van der Waals surface area contributed by atoms with Crippen LogP contribution in [0.1, 0.15) is 19.8 Å². The number of rotatable bonds is 3. The zero-order valence-electron chi connectivity index (χ0n) is 13.7. The zero-order valence-corrected chi connectivity index (χ0v) is 13.7. The van der Waals surface area contributed by atoms with Crippen LogP contribution in [-0.4, -0.2) is 62.8 Å². The first-order valence-corrected chi connectivity index (χ1v) is 7.74. The van der Waals surface area contributed by atoms with E-state index < -0.39 is 5.54 Å². The second-order valence-corrected chi connectivity index (χ2v) is 6.36. The number of fused-ring (bicyclic) bond motifs is 1. The van der Waals surface area contributed by atoms with E-state index in [0.717, 1.165) is 17.5 Å². The Balaban J connectivity index is 1.84. The highest BCUT2D eigenvalue weighted by Crippen LogP contribution is 2.31. The summed E-state index contributed by atoms with van der Waals surface area (Å²) in [6.45, 7) is 2.54. The Morgan fingerprint density at radius 2 is 2.04 bits per heavy atom. The Hall–Kier alpha value is -2.44. The van der Waals surface area contributed by atoms with Gasteiger partial charge in [0.2, 0.25) is 11.8 Å². The van der Waals surface area contributed by atoms with Crippen molar-refractivity contribution in [2.75, 3.05) is 20.6 Å². The number of likely N-dealkylation sites (tertiary alicyclic amines) is 1. The van der Waals surface area contributed by atoms with Crippen LogP contribution in [-0.2, 0) is 16.1 Å². The molecule has 7 heteroatoms. The number of carbonyl (C=O) groups is 2. The van der Waals surface area contributed by atoms with E-state index in [0.29, 0.717) is 13.0 Å². The minimum Gasteiger partial charge on any atom is -0.347 e. The van der Waals surface area contributed by atoms with E-state index in [1.165, 1.54) is 0 Å². The number of amides is 2. The molecule has 1 aromatic heterocycles. The normalized spacial score (nSPS) is 20.9. The summed E-state index contributed by atoms with van der Waals surface area (Å²) in [6.07, 6.45) is 1.52. The maximum atomic E-state index is 12.8. The van der Waals surface area contributed by atoms with Crippen molar-refractivity contribution >= 4 is 22.8 Å². The third kappa shape index (κ3) is 2.56. The van der Waals surface area contributed by atoms with E-state index in [1.54, 1.807) is 28.6 Å². The van der Waals surface area contributed by atoms with Crippen molar-refractivity contribution in [3.63, 3.8) is 0 Å². The van der Waals surface area contributed by atoms with Crippen LogP contribution >= 0.6 is 0 Å². The summed E-state index contributed by atoms with van der Waals surface area (Å²) in [4.78, 5) is 28.5. The van der Waals surface area contributed by atoms with Crippen LogP contribution in [0.5, 0.6) is 0 Å². The molecule has 3 rings (SSSR count). The highest BCUT2D eigenvalue weighted by Gasteiger charge is 2.46. The van der Waals surface area contributed by atoms with Gasteiger partial charge in [0.15, 0.2) is 0 Å². The summed E-state index contributed by atoms with van der Waals surface area (Å²) in [5, 5.41) is 8.12. The van der Waals surface area contributed by atoms with Gasteiger partial charge in [0.05, 0.1) is 5.52 Å². The van der Waals surface area contributed by atoms with Crippen molar-refractivity contribution in [3.05, 3.63) is 24.3 Å². The minimum atomic E-state index is -0.767. The van der Waals surface area contributed by atoms with Crippen LogP contribution in [0.4, 0.5) is 0 Å². The summed E-state index contributed by atoms with van der Waals surface area (Å²) in [6, 6.07) is 7.52. The number of hydrogen-bond donors (Lipinski definition) is 0. The first-order valence-electron chi connectivity index (χ1n) is 7.74. The summed E-state index contributed by atoms with van der Waals surface area (Å²) in [5.41, 5.74) is 0.811. The second-order valence-electron chi connectivity index (χ2n) is 6.36. The van der Waals surface area contributed by atoms with Crippen molar-refractivity contribution in [1.29, 1.82) is 0 Å². The van der Waals surface area contributed by atoms with Gasteiger partial charge in [-0.05, 0) is 31.9 Å². The molecular formula is C16H21N5O2. The van der Waals surface area contributed by atoms with Gasteiger partial charge in [0.1, 0.15) is 17.6 Å². The van der Waals surface area contributed by atoms with E-state index in [2.05, 4.69) is 10.3 Å². The number of likely N-dealkylation sites (N-methyl/N-ethyl adjacent to an activating group) is 1. The molecule has 2 aromatic rings. The molecule has 7 nitrogen and oxygen atoms in total. The Morgan fingerprint density at radius 3 is 2.78 bits per heavy atom. The van der Waals surface area contributed by atoms with Gasteiger partial charge >= 0.3 is 0 Å². The smallest absolute Gasteiger partial charge is 0.247 e. The number of para-hydroxylation sites is 1. The fraction of sp³-hybridized carbons (Fsp3) is 0.500. The number of nitrogens with zero attached hydrogens (tertiary/aromatic N) is 5. The molecule has 0 bridgehead atoms. The molecule has 23 heavy (non-hydrogen) atoms. The third-order valence-corrected chi connectivity index (χ3v) is 4.51. The maximum Gasteiger partial charge on any atom is 0.247 e. The third-order valence-electron chi connectivity index (χ3n) is 4.51. The molecule has 1 saturated heterocycles. The average Bonchev–Trinajstić information content (AvgIpc) is 3.11. The average molecular weight is 315 g/mol. The zero-order chi connectivity index (χ0) is 16.6. The summed E-state index contributed by atoms with van der Waals surface area (Å²) < 4.78 is 1.59. The summed E-state index contributed by atoms with van der Waals surface area (Å²) in [5.74, 6) is -0.136. The van der Waals surface area contributed by atoms with E-state index in [9.17, 15) is 9.59 Å². The molecule has 0 N–H and O–H groups in total. The fourth-order valence-corrected chi connectivity index (χ4v) is 3.31. The van der Waals surface area contributed by atoms with Gasteiger partial charge in [-0.2, -0.15) is 0 Å². The predicted octanol–water partition coefficient (Wildman–Crippen LogP) is 0.901. The largest absolute Gasteiger partial charge is 0.347 e. The van der Waals surface area contributed by atoms with Crippen molar-refractivity contribution in [1.82, 2.24) is 24.8 Å². The van der Waals surface area contributed by atoms with Gasteiger partial charge in [0, 0.05) is 20.6 Å². The molecule has 2 amide bonds. The fourth-order valence-electron chi connectivity index (χ4n) is 3.31. The van der Waals surface area contributed by atoms with Crippen LogP contribution in [0, 0.1) is 0 Å². The van der Waals surface area contributed by atoms with E-state index in [4.69, 9.17) is 0 Å². The van der Waals surface area contributed by atoms with Gasteiger partial charge in [-0.15, -0.1) is 5.10 Å². The molecule has 1 aliphatic heterocycles. The minimum absolute atomic E-state index is 0.0354. The number of carbonyl (C=O) groups excluding carboxylic acids is 2. The highest BCUT2D eigenvalue weighted by molar-refractivity contribution is 5.91. The molecule has 0 saturated carbocycles. The van der Waals surface area contributed by atoms with E-state index in [1.807, 2.05) is 31.2 Å². The lowest BCUT2D eigenvalue weighted by atomic mass is 9.97. The molecule has 2 heterocycles. The van der Waals surface area contributed by atoms with Crippen molar-refractivity contribution in [3.8, 4) is 0 Å². The predicted molar refractivity (Wildman–Crippen MR) is 85.6 cm³/mol. The molecule has 122 valence electrons. The Morgan fingerprint density at radius 1 is 1.30 bits per heavy atom. The SMILES string of the molecule is CN(C)C(=O)C1(C)CCCN1C(=O)Cn1nnc2ccccc21. The van der Waals surface area contributed by atoms with Crippen molar-refractivity contribution in [2.45, 2.75) is 31.8 Å². The molecule has 1 atom stereocenters. The molecule has 0 aliphatic carbocycles. The first-order chi connectivity index (χ1) is 10.9. The molecule has 0 radical (unpaired) electrons. The topological polar surface area (TPSA) is 71.3 Å². The Labute approximate surface area is 134 Å². The maximum absolute atomic E-state index is 12.8. The first kappa shape index (κ1) is 15.5. The van der Waals surface area contributed by atoms with Crippen LogP contribution in [0.15, 0.2) is 24.3 Å². The lowest BCUT2D eigenvalue weighted by Gasteiger charge is -2.35. The van der Waals surface area contributed by atoms with Crippen molar-refractivity contribution in [2.24, 2.45) is 0 Å². The van der Waals surface area contributed by atoms with Crippen molar-refractivity contribution < 1.29 is 9.59 Å². The van der Waals surface area contributed by atoms with Crippen LogP contribution in [0.25, 0.3) is 11.0 Å². The molecule has 1 aromatic carbocycles. The van der Waals surface area contributed by atoms with E-state index in [-0.39, 0.29) is 18.4 Å². The molecule has 1 aliphatic rings. The van der Waals surface area contributed by atoms with Gasteiger partial charge in [-0.1, -0.05) is 17.3 Å². The highest BCUT2D eigenvalue weighted by atomic mass is 16.2. The lowest BCUT2D eigenvalue weighted by molar-refractivity contribution is -0.149. The number of aromatic nitrogens is 3. The van der Waals surface area contributed by atoms with Crippen LogP contribution < -0.4 is 0 Å². The number of benzene rings is 1. The van der Waals surface area contributed by atoms with Gasteiger partial charge in [-0.25, -0.2) is 4.68 Å².